The number of rotatable bonds is 5. The molecular weight excluding hydrogens is 609 g/mol. The Labute approximate surface area is 254 Å². The fourth-order valence-corrected chi connectivity index (χ4v) is 4.92. The number of carbonyl (C=O) groups is 2. The van der Waals surface area contributed by atoms with Crippen LogP contribution in [0.1, 0.15) is 48.0 Å². The summed E-state index contributed by atoms with van der Waals surface area (Å²) in [6.07, 6.45) is -1.45. The lowest BCUT2D eigenvalue weighted by Gasteiger charge is -2.25. The average Bonchev–Trinajstić information content (AvgIpc) is 3.31. The second-order valence-corrected chi connectivity index (χ2v) is 12.5. The van der Waals surface area contributed by atoms with Crippen LogP contribution in [0.2, 0.25) is 5.02 Å². The number of ether oxygens (including phenoxy) is 2. The van der Waals surface area contributed by atoms with E-state index in [9.17, 15) is 28.0 Å². The molecule has 1 fully saturated rings. The largest absolute Gasteiger partial charge is 0.444 e. The number of nitrogens with one attached hydrogen (secondary N) is 3. The third kappa shape index (κ3) is 7.21. The molecule has 1 saturated heterocycles. The van der Waals surface area contributed by atoms with E-state index in [0.717, 1.165) is 18.2 Å². The Morgan fingerprint density at radius 1 is 0.932 bits per heavy atom. The van der Waals surface area contributed by atoms with Crippen LogP contribution in [0.5, 0.6) is 0 Å². The predicted octanol–water partition coefficient (Wildman–Crippen LogP) is 4.69. The number of hydrogen-bond acceptors (Lipinski definition) is 8. The zero-order chi connectivity index (χ0) is 32.7. The Balaban J connectivity index is 1.83. The number of hydrogen-bond donors (Lipinski definition) is 3. The molecule has 0 bridgehead atoms. The van der Waals surface area contributed by atoms with Crippen LogP contribution in [0, 0.1) is 17.5 Å². The first kappa shape index (κ1) is 32.5. The summed E-state index contributed by atoms with van der Waals surface area (Å²) in [5.41, 5.74) is -0.651. The number of aromatic nitrogens is 2. The van der Waals surface area contributed by atoms with Gasteiger partial charge < -0.3 is 19.7 Å². The number of amides is 2. The van der Waals surface area contributed by atoms with E-state index < -0.39 is 74.2 Å². The highest BCUT2D eigenvalue weighted by Gasteiger charge is 2.31. The number of alkyl carbamates (subject to hydrolysis) is 1. The van der Waals surface area contributed by atoms with E-state index in [2.05, 4.69) is 10.7 Å². The molecule has 0 spiro atoms. The smallest absolute Gasteiger partial charge is 0.427 e. The molecule has 44 heavy (non-hydrogen) atoms. The number of carbonyl (C=O) groups excluding carboxylic acids is 2. The van der Waals surface area contributed by atoms with E-state index in [1.54, 1.807) is 41.5 Å². The minimum Gasteiger partial charge on any atom is -0.444 e. The van der Waals surface area contributed by atoms with E-state index in [1.165, 1.54) is 4.90 Å². The fourth-order valence-electron chi connectivity index (χ4n) is 4.52. The summed E-state index contributed by atoms with van der Waals surface area (Å²) in [6, 6.07) is 2.84. The quantitative estimate of drug-likeness (QED) is 0.366. The number of benzene rings is 2. The summed E-state index contributed by atoms with van der Waals surface area (Å²) in [5.74, 6) is -2.94. The molecule has 1 aliphatic heterocycles. The summed E-state index contributed by atoms with van der Waals surface area (Å²) in [6.45, 7) is 10.1. The van der Waals surface area contributed by atoms with Crippen molar-refractivity contribution in [1.29, 1.82) is 0 Å². The van der Waals surface area contributed by atoms with Crippen LogP contribution >= 0.6 is 11.6 Å². The topological polar surface area (TPSA) is 136 Å². The maximum Gasteiger partial charge on any atom is 0.427 e. The van der Waals surface area contributed by atoms with Gasteiger partial charge in [-0.1, -0.05) is 11.6 Å². The molecule has 12 nitrogen and oxygen atoms in total. The monoisotopic (exact) mass is 640 g/mol. The Morgan fingerprint density at radius 3 is 2.18 bits per heavy atom. The highest BCUT2D eigenvalue weighted by atomic mass is 35.5. The van der Waals surface area contributed by atoms with Crippen LogP contribution in [0.25, 0.3) is 10.9 Å². The zero-order valence-corrected chi connectivity index (χ0v) is 25.6. The molecule has 0 radical (unpaired) electrons. The molecule has 4 rings (SSSR count). The Morgan fingerprint density at radius 2 is 1.57 bits per heavy atom. The summed E-state index contributed by atoms with van der Waals surface area (Å²) in [5, 5.41) is 1.85. The van der Waals surface area contributed by atoms with Gasteiger partial charge >= 0.3 is 17.9 Å². The summed E-state index contributed by atoms with van der Waals surface area (Å²) in [7, 11) is 0. The standard InChI is InChI=1S/C28H32ClF3N6O6/c1-27(2,3)43-24(40)33-15-9-10-36(13-15)22-18(32)12-16-21(20(22)29)37(34-19-8-7-14(30)11-17(19)31)26(42)38(23(16)39)35-25(41)44-28(4,5)6/h7-8,11-12,15,34H,9-10,13H2,1-6H3,(H,33,40)(H,35,41). The van der Waals surface area contributed by atoms with Crippen molar-refractivity contribution in [3.8, 4) is 0 Å². The van der Waals surface area contributed by atoms with Gasteiger partial charge in [0, 0.05) is 19.2 Å². The summed E-state index contributed by atoms with van der Waals surface area (Å²) < 4.78 is 55.2. The van der Waals surface area contributed by atoms with Gasteiger partial charge in [-0.25, -0.2) is 37.7 Å². The van der Waals surface area contributed by atoms with Crippen LogP contribution < -0.4 is 32.3 Å². The van der Waals surface area contributed by atoms with Crippen LogP contribution in [0.3, 0.4) is 0 Å². The van der Waals surface area contributed by atoms with E-state index in [1.807, 2.05) is 5.43 Å². The molecule has 3 N–H and O–H groups in total. The van der Waals surface area contributed by atoms with Crippen molar-refractivity contribution in [1.82, 2.24) is 14.7 Å². The highest BCUT2D eigenvalue weighted by Crippen LogP contribution is 2.36. The summed E-state index contributed by atoms with van der Waals surface area (Å²) in [4.78, 5) is 53.3. The van der Waals surface area contributed by atoms with Gasteiger partial charge in [0.1, 0.15) is 28.4 Å². The lowest BCUT2D eigenvalue weighted by atomic mass is 10.2. The summed E-state index contributed by atoms with van der Waals surface area (Å²) >= 11 is 6.69. The molecule has 1 unspecified atom stereocenters. The molecular formula is C28H32ClF3N6O6. The molecule has 2 aromatic carbocycles. The molecule has 1 aliphatic rings. The highest BCUT2D eigenvalue weighted by molar-refractivity contribution is 6.38. The second kappa shape index (κ2) is 11.9. The Kier molecular flexibility index (Phi) is 8.82. The number of fused-ring (bicyclic) bond motifs is 1. The minimum atomic E-state index is -1.26. The third-order valence-corrected chi connectivity index (χ3v) is 6.56. The molecule has 0 saturated carbocycles. The lowest BCUT2D eigenvalue weighted by Crippen LogP contribution is -2.49. The molecule has 3 aromatic rings. The predicted molar refractivity (Wildman–Crippen MR) is 158 cm³/mol. The molecule has 2 heterocycles. The average molecular weight is 641 g/mol. The van der Waals surface area contributed by atoms with Crippen molar-refractivity contribution in [2.45, 2.75) is 65.2 Å². The molecule has 2 amide bonds. The van der Waals surface area contributed by atoms with Crippen molar-refractivity contribution >= 4 is 46.1 Å². The van der Waals surface area contributed by atoms with E-state index >= 15 is 4.39 Å². The van der Waals surface area contributed by atoms with Crippen molar-refractivity contribution in [3.63, 3.8) is 0 Å². The molecule has 238 valence electrons. The van der Waals surface area contributed by atoms with Crippen molar-refractivity contribution in [2.75, 3.05) is 28.8 Å². The van der Waals surface area contributed by atoms with Crippen molar-refractivity contribution < 1.29 is 32.2 Å². The fraction of sp³-hybridized carbons (Fsp3) is 0.429. The van der Waals surface area contributed by atoms with Gasteiger partial charge in [-0.15, -0.1) is 0 Å². The van der Waals surface area contributed by atoms with E-state index in [-0.39, 0.29) is 29.0 Å². The van der Waals surface area contributed by atoms with Crippen LogP contribution in [-0.2, 0) is 9.47 Å². The van der Waals surface area contributed by atoms with Crippen molar-refractivity contribution in [3.05, 3.63) is 67.6 Å². The van der Waals surface area contributed by atoms with Crippen molar-refractivity contribution in [2.24, 2.45) is 0 Å². The van der Waals surface area contributed by atoms with E-state index in [4.69, 9.17) is 21.1 Å². The Bertz CT molecular complexity index is 1750. The molecule has 1 atom stereocenters. The maximum absolute atomic E-state index is 15.7. The third-order valence-electron chi connectivity index (χ3n) is 6.20. The van der Waals surface area contributed by atoms with Crippen LogP contribution in [-0.4, -0.2) is 51.9 Å². The van der Waals surface area contributed by atoms with Gasteiger partial charge in [-0.3, -0.25) is 10.2 Å². The maximum atomic E-state index is 15.7. The molecule has 1 aromatic heterocycles. The van der Waals surface area contributed by atoms with Gasteiger partial charge in [0.05, 0.1) is 27.8 Å². The van der Waals surface area contributed by atoms with Gasteiger partial charge in [0.25, 0.3) is 5.56 Å². The minimum absolute atomic E-state index is 0.100. The number of nitrogens with zero attached hydrogens (tertiary/aromatic N) is 3. The van der Waals surface area contributed by atoms with E-state index in [0.29, 0.717) is 17.2 Å². The first-order valence-corrected chi connectivity index (χ1v) is 13.9. The zero-order valence-electron chi connectivity index (χ0n) is 24.8. The SMILES string of the molecule is CC(C)(C)OC(=O)NC1CCN(c2c(F)cc3c(=O)n(NC(=O)OC(C)(C)C)c(=O)n(Nc4ccc(F)cc4F)c3c2Cl)C1. The second-order valence-electron chi connectivity index (χ2n) is 12.1. The van der Waals surface area contributed by atoms with Crippen LogP contribution in [0.4, 0.5) is 34.1 Å². The lowest BCUT2D eigenvalue weighted by molar-refractivity contribution is 0.0507. The molecule has 16 heteroatoms. The van der Waals surface area contributed by atoms with Gasteiger partial charge in [0.2, 0.25) is 0 Å². The van der Waals surface area contributed by atoms with Gasteiger partial charge in [0.15, 0.2) is 5.82 Å². The van der Waals surface area contributed by atoms with Gasteiger partial charge in [-0.2, -0.15) is 4.68 Å². The number of anilines is 2. The number of halogens is 4. The Hall–Kier alpha value is -4.40. The van der Waals surface area contributed by atoms with Gasteiger partial charge in [-0.05, 0) is 66.2 Å². The molecule has 0 aliphatic carbocycles. The first-order valence-electron chi connectivity index (χ1n) is 13.5. The van der Waals surface area contributed by atoms with Crippen LogP contribution in [0.15, 0.2) is 33.9 Å². The normalized spacial score (nSPS) is 15.3. The first-order chi connectivity index (χ1) is 20.3.